The molecule has 142 valence electrons. The summed E-state index contributed by atoms with van der Waals surface area (Å²) in [5.41, 5.74) is 4.66. The molecule has 0 N–H and O–H groups in total. The Hall–Kier alpha value is -2.83. The third-order valence-corrected chi connectivity index (χ3v) is 5.74. The van der Waals surface area contributed by atoms with E-state index in [-0.39, 0.29) is 5.91 Å². The van der Waals surface area contributed by atoms with Crippen LogP contribution in [0, 0.1) is 13.8 Å². The maximum absolute atomic E-state index is 12.9. The van der Waals surface area contributed by atoms with Gasteiger partial charge in [-0.1, -0.05) is 29.5 Å². The number of rotatable bonds is 4. The lowest BCUT2D eigenvalue weighted by Gasteiger charge is -2.06. The molecule has 0 unspecified atom stereocenters. The Morgan fingerprint density at radius 3 is 2.86 bits per heavy atom. The number of ether oxygens (including phenoxy) is 1. The van der Waals surface area contributed by atoms with Crippen molar-refractivity contribution in [2.45, 2.75) is 20.4 Å². The van der Waals surface area contributed by atoms with Gasteiger partial charge >= 0.3 is 0 Å². The Labute approximate surface area is 167 Å². The van der Waals surface area contributed by atoms with E-state index in [0.29, 0.717) is 23.5 Å². The number of aromatic nitrogens is 2. The summed E-state index contributed by atoms with van der Waals surface area (Å²) in [4.78, 5) is 22.5. The van der Waals surface area contributed by atoms with Crippen molar-refractivity contribution in [1.29, 1.82) is 0 Å². The van der Waals surface area contributed by atoms with Crippen LogP contribution < -0.4 is 4.80 Å². The van der Waals surface area contributed by atoms with Gasteiger partial charge in [-0.15, -0.1) is 0 Å². The maximum atomic E-state index is 12.9. The van der Waals surface area contributed by atoms with E-state index in [9.17, 15) is 4.79 Å². The van der Waals surface area contributed by atoms with Crippen molar-refractivity contribution in [2.24, 2.45) is 4.99 Å². The molecule has 0 fully saturated rings. The summed E-state index contributed by atoms with van der Waals surface area (Å²) < 4.78 is 8.44. The molecule has 0 aliphatic carbocycles. The number of para-hydroxylation sites is 1. The van der Waals surface area contributed by atoms with Gasteiger partial charge in [0.2, 0.25) is 0 Å². The van der Waals surface area contributed by atoms with Gasteiger partial charge in [-0.05, 0) is 49.7 Å². The molecule has 0 saturated carbocycles. The number of aryl methyl sites for hydroxylation is 2. The molecule has 6 heteroatoms. The van der Waals surface area contributed by atoms with Gasteiger partial charge in [-0.2, -0.15) is 4.99 Å². The standard InChI is InChI=1S/C22H21N3O2S/c1-14-5-4-6-19-20(14)25(11-12-27-3)22(28-19)24-21(26)17-9-10-18-16(13-17)8-7-15(2)23-18/h4-10,13H,11-12H2,1-3H3. The summed E-state index contributed by atoms with van der Waals surface area (Å²) in [5.74, 6) is -0.252. The van der Waals surface area contributed by atoms with Crippen molar-refractivity contribution in [2.75, 3.05) is 13.7 Å². The van der Waals surface area contributed by atoms with E-state index >= 15 is 0 Å². The molecule has 4 aromatic rings. The Kier molecular flexibility index (Phi) is 5.07. The lowest BCUT2D eigenvalue weighted by Crippen LogP contribution is -2.19. The van der Waals surface area contributed by atoms with Crippen molar-refractivity contribution < 1.29 is 9.53 Å². The Balaban J connectivity index is 1.81. The fourth-order valence-corrected chi connectivity index (χ4v) is 4.43. The maximum Gasteiger partial charge on any atom is 0.279 e. The number of hydrogen-bond donors (Lipinski definition) is 0. The van der Waals surface area contributed by atoms with E-state index in [1.54, 1.807) is 13.2 Å². The van der Waals surface area contributed by atoms with Gasteiger partial charge in [0.05, 0.1) is 22.3 Å². The van der Waals surface area contributed by atoms with Gasteiger partial charge < -0.3 is 9.30 Å². The van der Waals surface area contributed by atoms with Crippen LogP contribution in [0.4, 0.5) is 0 Å². The third kappa shape index (κ3) is 3.48. The lowest BCUT2D eigenvalue weighted by atomic mass is 10.1. The minimum absolute atomic E-state index is 0.252. The molecule has 2 aromatic carbocycles. The van der Waals surface area contributed by atoms with Crippen molar-refractivity contribution in [3.05, 3.63) is 70.2 Å². The molecule has 5 nitrogen and oxygen atoms in total. The van der Waals surface area contributed by atoms with E-state index in [1.807, 2.05) is 37.3 Å². The predicted molar refractivity (Wildman–Crippen MR) is 113 cm³/mol. The monoisotopic (exact) mass is 391 g/mol. The molecular formula is C22H21N3O2S. The average Bonchev–Trinajstić information content (AvgIpc) is 3.04. The van der Waals surface area contributed by atoms with Crippen LogP contribution in [0.3, 0.4) is 0 Å². The number of benzene rings is 2. The number of nitrogens with zero attached hydrogens (tertiary/aromatic N) is 3. The van der Waals surface area contributed by atoms with Crippen LogP contribution in [0.2, 0.25) is 0 Å². The molecule has 0 radical (unpaired) electrons. The van der Waals surface area contributed by atoms with E-state index in [4.69, 9.17) is 4.74 Å². The molecule has 0 spiro atoms. The first-order valence-electron chi connectivity index (χ1n) is 9.11. The molecule has 28 heavy (non-hydrogen) atoms. The predicted octanol–water partition coefficient (Wildman–Crippen LogP) is 4.26. The zero-order chi connectivity index (χ0) is 19.7. The minimum Gasteiger partial charge on any atom is -0.383 e. The summed E-state index contributed by atoms with van der Waals surface area (Å²) in [5, 5.41) is 0.936. The van der Waals surface area contributed by atoms with Crippen LogP contribution in [0.15, 0.2) is 53.5 Å². The van der Waals surface area contributed by atoms with E-state index in [1.165, 1.54) is 11.3 Å². The number of carbonyl (C=O) groups excluding carboxylic acids is 1. The molecule has 0 aliphatic heterocycles. The lowest BCUT2D eigenvalue weighted by molar-refractivity contribution is 0.0997. The summed E-state index contributed by atoms with van der Waals surface area (Å²) in [7, 11) is 1.68. The Morgan fingerprint density at radius 2 is 2.04 bits per heavy atom. The molecule has 0 bridgehead atoms. The number of methoxy groups -OCH3 is 1. The number of hydrogen-bond acceptors (Lipinski definition) is 4. The fourth-order valence-electron chi connectivity index (χ4n) is 3.29. The molecule has 4 rings (SSSR count). The number of carbonyl (C=O) groups is 1. The number of amides is 1. The van der Waals surface area contributed by atoms with Gasteiger partial charge in [-0.25, -0.2) is 0 Å². The zero-order valence-corrected chi connectivity index (χ0v) is 16.9. The smallest absolute Gasteiger partial charge is 0.279 e. The van der Waals surface area contributed by atoms with E-state index < -0.39 is 0 Å². The van der Waals surface area contributed by atoms with Crippen LogP contribution >= 0.6 is 11.3 Å². The zero-order valence-electron chi connectivity index (χ0n) is 16.1. The largest absolute Gasteiger partial charge is 0.383 e. The molecule has 0 atom stereocenters. The van der Waals surface area contributed by atoms with Crippen LogP contribution in [-0.2, 0) is 11.3 Å². The summed E-state index contributed by atoms with van der Waals surface area (Å²) in [6.07, 6.45) is 0. The van der Waals surface area contributed by atoms with Crippen LogP contribution in [0.25, 0.3) is 21.1 Å². The molecule has 2 heterocycles. The second-order valence-electron chi connectivity index (χ2n) is 6.73. The van der Waals surface area contributed by atoms with Gasteiger partial charge in [0.15, 0.2) is 4.80 Å². The SMILES string of the molecule is COCCn1c(=NC(=O)c2ccc3nc(C)ccc3c2)sc2cccc(C)c21. The van der Waals surface area contributed by atoms with Gasteiger partial charge in [0.25, 0.3) is 5.91 Å². The average molecular weight is 391 g/mol. The first kappa shape index (κ1) is 18.5. The van der Waals surface area contributed by atoms with Crippen LogP contribution in [-0.4, -0.2) is 29.2 Å². The molecule has 0 aliphatic rings. The van der Waals surface area contributed by atoms with Gasteiger partial charge in [-0.3, -0.25) is 9.78 Å². The van der Waals surface area contributed by atoms with Crippen molar-refractivity contribution in [3.8, 4) is 0 Å². The summed E-state index contributed by atoms with van der Waals surface area (Å²) in [6.45, 7) is 5.23. The molecule has 2 aromatic heterocycles. The number of fused-ring (bicyclic) bond motifs is 2. The second-order valence-corrected chi connectivity index (χ2v) is 7.74. The first-order valence-corrected chi connectivity index (χ1v) is 9.93. The highest BCUT2D eigenvalue weighted by molar-refractivity contribution is 7.16. The van der Waals surface area contributed by atoms with Gasteiger partial charge in [0, 0.05) is 30.3 Å². The van der Waals surface area contributed by atoms with Crippen molar-refractivity contribution in [3.63, 3.8) is 0 Å². The van der Waals surface area contributed by atoms with E-state index in [2.05, 4.69) is 33.6 Å². The van der Waals surface area contributed by atoms with Crippen molar-refractivity contribution >= 4 is 38.4 Å². The summed E-state index contributed by atoms with van der Waals surface area (Å²) >= 11 is 1.52. The summed E-state index contributed by atoms with van der Waals surface area (Å²) in [6, 6.07) is 15.6. The number of thiazole rings is 1. The molecular weight excluding hydrogens is 370 g/mol. The van der Waals surface area contributed by atoms with Crippen LogP contribution in [0.5, 0.6) is 0 Å². The highest BCUT2D eigenvalue weighted by atomic mass is 32.1. The first-order chi connectivity index (χ1) is 13.6. The third-order valence-electron chi connectivity index (χ3n) is 4.69. The molecule has 0 saturated heterocycles. The minimum atomic E-state index is -0.252. The normalized spacial score (nSPS) is 12.2. The highest BCUT2D eigenvalue weighted by Crippen LogP contribution is 2.21. The second kappa shape index (κ2) is 7.66. The van der Waals surface area contributed by atoms with Gasteiger partial charge in [0.1, 0.15) is 0 Å². The number of pyridine rings is 1. The van der Waals surface area contributed by atoms with E-state index in [0.717, 1.165) is 32.4 Å². The topological polar surface area (TPSA) is 56.5 Å². The fraction of sp³-hybridized carbons (Fsp3) is 0.227. The Morgan fingerprint density at radius 1 is 1.18 bits per heavy atom. The quantitative estimate of drug-likeness (QED) is 0.522. The van der Waals surface area contributed by atoms with Crippen LogP contribution in [0.1, 0.15) is 21.6 Å². The van der Waals surface area contributed by atoms with Crippen molar-refractivity contribution in [1.82, 2.24) is 9.55 Å². The molecule has 1 amide bonds. The highest BCUT2D eigenvalue weighted by Gasteiger charge is 2.11. The Bertz CT molecular complexity index is 1250.